The van der Waals surface area contributed by atoms with E-state index in [1.54, 1.807) is 18.9 Å². The lowest BCUT2D eigenvalue weighted by atomic mass is 10.5. The molecule has 0 aromatic carbocycles. The number of rotatable bonds is 3. The highest BCUT2D eigenvalue weighted by molar-refractivity contribution is 7.99. The Balaban J connectivity index is 2.99. The zero-order chi connectivity index (χ0) is 5.70. The van der Waals surface area contributed by atoms with Gasteiger partial charge in [0.05, 0.1) is 0 Å². The summed E-state index contributed by atoms with van der Waals surface area (Å²) in [5, 5.41) is 0. The molecule has 0 bridgehead atoms. The molecule has 1 unspecified atom stereocenters. The van der Waals surface area contributed by atoms with Crippen molar-refractivity contribution < 1.29 is 4.74 Å². The molecule has 0 radical (unpaired) electrons. The van der Waals surface area contributed by atoms with E-state index in [4.69, 9.17) is 4.74 Å². The minimum absolute atomic E-state index is 0.403. The molecule has 7 heavy (non-hydrogen) atoms. The van der Waals surface area contributed by atoms with Crippen molar-refractivity contribution in [3.63, 3.8) is 0 Å². The SMILES string of the molecule is CCC(OC)SC. The standard InChI is InChI=1S/C5H12OS/c1-4-5(6-2)7-3/h5H,4H2,1-3H3. The molecule has 0 saturated carbocycles. The van der Waals surface area contributed by atoms with E-state index in [1.807, 2.05) is 0 Å². The summed E-state index contributed by atoms with van der Waals surface area (Å²) < 4.78 is 5.01. The lowest BCUT2D eigenvalue weighted by molar-refractivity contribution is 0.170. The van der Waals surface area contributed by atoms with E-state index in [-0.39, 0.29) is 0 Å². The second-order valence-corrected chi connectivity index (χ2v) is 2.31. The Bertz CT molecular complexity index is 29.6. The van der Waals surface area contributed by atoms with Crippen LogP contribution in [0.4, 0.5) is 0 Å². The van der Waals surface area contributed by atoms with Gasteiger partial charge in [-0.3, -0.25) is 0 Å². The molecule has 0 aromatic rings. The van der Waals surface area contributed by atoms with E-state index in [0.717, 1.165) is 6.42 Å². The molecule has 0 aliphatic rings. The minimum atomic E-state index is 0.403. The van der Waals surface area contributed by atoms with Gasteiger partial charge in [0.25, 0.3) is 0 Å². The molecular formula is C5H12OS. The van der Waals surface area contributed by atoms with Crippen LogP contribution in [0.3, 0.4) is 0 Å². The number of thioether (sulfide) groups is 1. The summed E-state index contributed by atoms with van der Waals surface area (Å²) in [6.07, 6.45) is 3.15. The molecule has 44 valence electrons. The molecule has 0 saturated heterocycles. The van der Waals surface area contributed by atoms with Gasteiger partial charge < -0.3 is 4.74 Å². The monoisotopic (exact) mass is 120 g/mol. The highest BCUT2D eigenvalue weighted by Crippen LogP contribution is 2.09. The number of methoxy groups -OCH3 is 1. The van der Waals surface area contributed by atoms with Crippen LogP contribution in [0.15, 0.2) is 0 Å². The van der Waals surface area contributed by atoms with Crippen molar-refractivity contribution in [3.8, 4) is 0 Å². The molecule has 0 aliphatic heterocycles. The van der Waals surface area contributed by atoms with Gasteiger partial charge in [0.15, 0.2) is 0 Å². The van der Waals surface area contributed by atoms with Crippen molar-refractivity contribution >= 4 is 11.8 Å². The Kier molecular flexibility index (Phi) is 4.67. The van der Waals surface area contributed by atoms with Gasteiger partial charge in [-0.25, -0.2) is 0 Å². The summed E-state index contributed by atoms with van der Waals surface area (Å²) in [5.74, 6) is 0. The maximum atomic E-state index is 5.01. The van der Waals surface area contributed by atoms with Crippen LogP contribution in [-0.4, -0.2) is 18.8 Å². The molecule has 0 fully saturated rings. The third-order valence-corrected chi connectivity index (χ3v) is 1.91. The quantitative estimate of drug-likeness (QED) is 0.524. The van der Waals surface area contributed by atoms with Gasteiger partial charge in [-0.1, -0.05) is 6.92 Å². The first-order chi connectivity index (χ1) is 3.35. The fourth-order valence-electron chi connectivity index (χ4n) is 0.430. The first-order valence-corrected chi connectivity index (χ1v) is 3.69. The van der Waals surface area contributed by atoms with Crippen LogP contribution in [0.25, 0.3) is 0 Å². The normalized spacial score (nSPS) is 14.1. The summed E-state index contributed by atoms with van der Waals surface area (Å²) in [7, 11) is 1.74. The van der Waals surface area contributed by atoms with Gasteiger partial charge in [-0.05, 0) is 12.7 Å². The molecule has 0 amide bonds. The third kappa shape index (κ3) is 2.94. The van der Waals surface area contributed by atoms with Crippen LogP contribution < -0.4 is 0 Å². The Hall–Kier alpha value is 0.310. The van der Waals surface area contributed by atoms with Crippen LogP contribution in [-0.2, 0) is 4.74 Å². The van der Waals surface area contributed by atoms with E-state index in [2.05, 4.69) is 13.2 Å². The second-order valence-electron chi connectivity index (χ2n) is 1.31. The Morgan fingerprint density at radius 3 is 2.29 bits per heavy atom. The largest absolute Gasteiger partial charge is 0.371 e. The van der Waals surface area contributed by atoms with Crippen molar-refractivity contribution in [2.45, 2.75) is 18.8 Å². The third-order valence-electron chi connectivity index (χ3n) is 0.859. The van der Waals surface area contributed by atoms with Gasteiger partial charge in [0, 0.05) is 7.11 Å². The predicted octanol–water partition coefficient (Wildman–Crippen LogP) is 1.73. The Morgan fingerprint density at radius 2 is 2.29 bits per heavy atom. The zero-order valence-corrected chi connectivity index (χ0v) is 5.92. The molecule has 2 heteroatoms. The topological polar surface area (TPSA) is 9.23 Å². The Morgan fingerprint density at radius 1 is 1.71 bits per heavy atom. The predicted molar refractivity (Wildman–Crippen MR) is 34.6 cm³/mol. The molecule has 0 heterocycles. The van der Waals surface area contributed by atoms with Crippen molar-refractivity contribution in [2.24, 2.45) is 0 Å². The highest BCUT2D eigenvalue weighted by Gasteiger charge is 1.96. The minimum Gasteiger partial charge on any atom is -0.371 e. The molecule has 0 rings (SSSR count). The van der Waals surface area contributed by atoms with Crippen LogP contribution in [0.2, 0.25) is 0 Å². The number of hydrogen-bond donors (Lipinski definition) is 0. The van der Waals surface area contributed by atoms with Crippen molar-refractivity contribution in [1.29, 1.82) is 0 Å². The number of ether oxygens (including phenoxy) is 1. The van der Waals surface area contributed by atoms with E-state index < -0.39 is 0 Å². The van der Waals surface area contributed by atoms with Gasteiger partial charge >= 0.3 is 0 Å². The fraction of sp³-hybridized carbons (Fsp3) is 1.00. The molecule has 1 atom stereocenters. The molecule has 0 spiro atoms. The molecule has 0 N–H and O–H groups in total. The molecular weight excluding hydrogens is 108 g/mol. The van der Waals surface area contributed by atoms with E-state index >= 15 is 0 Å². The van der Waals surface area contributed by atoms with Gasteiger partial charge in [0.1, 0.15) is 5.44 Å². The van der Waals surface area contributed by atoms with Crippen molar-refractivity contribution in [3.05, 3.63) is 0 Å². The zero-order valence-electron chi connectivity index (χ0n) is 5.10. The molecule has 1 nitrogen and oxygen atoms in total. The van der Waals surface area contributed by atoms with E-state index in [9.17, 15) is 0 Å². The average molecular weight is 120 g/mol. The van der Waals surface area contributed by atoms with Gasteiger partial charge in [-0.15, -0.1) is 11.8 Å². The lowest BCUT2D eigenvalue weighted by Gasteiger charge is -2.06. The highest BCUT2D eigenvalue weighted by atomic mass is 32.2. The summed E-state index contributed by atoms with van der Waals surface area (Å²) in [5.41, 5.74) is 0.403. The first kappa shape index (κ1) is 7.31. The summed E-state index contributed by atoms with van der Waals surface area (Å²) in [6, 6.07) is 0. The van der Waals surface area contributed by atoms with Gasteiger partial charge in [-0.2, -0.15) is 0 Å². The second kappa shape index (κ2) is 4.47. The summed E-state index contributed by atoms with van der Waals surface area (Å²) >= 11 is 1.75. The fourth-order valence-corrected chi connectivity index (χ4v) is 0.955. The summed E-state index contributed by atoms with van der Waals surface area (Å²) in [6.45, 7) is 2.12. The van der Waals surface area contributed by atoms with Gasteiger partial charge in [0.2, 0.25) is 0 Å². The number of hydrogen-bond acceptors (Lipinski definition) is 2. The van der Waals surface area contributed by atoms with E-state index in [0.29, 0.717) is 5.44 Å². The summed E-state index contributed by atoms with van der Waals surface area (Å²) in [4.78, 5) is 0. The van der Waals surface area contributed by atoms with Crippen LogP contribution in [0.5, 0.6) is 0 Å². The molecule has 0 aromatic heterocycles. The van der Waals surface area contributed by atoms with Crippen molar-refractivity contribution in [1.82, 2.24) is 0 Å². The van der Waals surface area contributed by atoms with E-state index in [1.165, 1.54) is 0 Å². The Labute approximate surface area is 49.4 Å². The van der Waals surface area contributed by atoms with Crippen LogP contribution in [0.1, 0.15) is 13.3 Å². The van der Waals surface area contributed by atoms with Crippen molar-refractivity contribution in [2.75, 3.05) is 13.4 Å². The maximum Gasteiger partial charge on any atom is 0.102 e. The smallest absolute Gasteiger partial charge is 0.102 e. The molecule has 0 aliphatic carbocycles. The van der Waals surface area contributed by atoms with Crippen LogP contribution in [0, 0.1) is 0 Å². The van der Waals surface area contributed by atoms with Crippen LogP contribution >= 0.6 is 11.8 Å². The lowest BCUT2D eigenvalue weighted by Crippen LogP contribution is -2.00. The average Bonchev–Trinajstić information content (AvgIpc) is 1.72. The first-order valence-electron chi connectivity index (χ1n) is 2.40. The maximum absolute atomic E-state index is 5.01.